The molecular formula is C13H13ClO3. The van der Waals surface area contributed by atoms with Gasteiger partial charge in [0.25, 0.3) is 5.95 Å². The Morgan fingerprint density at radius 2 is 1.88 bits per heavy atom. The van der Waals surface area contributed by atoms with Gasteiger partial charge in [-0.25, -0.2) is 0 Å². The topological polar surface area (TPSA) is 42.6 Å². The van der Waals surface area contributed by atoms with E-state index in [1.165, 1.54) is 0 Å². The minimum Gasteiger partial charge on any atom is -0.428 e. The third kappa shape index (κ3) is 2.62. The van der Waals surface area contributed by atoms with Gasteiger partial charge in [0, 0.05) is 11.1 Å². The molecule has 1 aromatic carbocycles. The van der Waals surface area contributed by atoms with Gasteiger partial charge in [-0.05, 0) is 43.2 Å². The van der Waals surface area contributed by atoms with Crippen molar-refractivity contribution in [3.05, 3.63) is 46.2 Å². The molecule has 0 bridgehead atoms. The van der Waals surface area contributed by atoms with Crippen molar-refractivity contribution in [1.82, 2.24) is 0 Å². The molecule has 1 N–H and O–H groups in total. The van der Waals surface area contributed by atoms with Crippen molar-refractivity contribution in [2.75, 3.05) is 0 Å². The first-order valence-electron chi connectivity index (χ1n) is 5.24. The third-order valence-electron chi connectivity index (χ3n) is 2.42. The Balaban J connectivity index is 2.24. The molecule has 0 fully saturated rings. The number of halogens is 1. The molecule has 4 heteroatoms. The second-order valence-electron chi connectivity index (χ2n) is 3.85. The van der Waals surface area contributed by atoms with Gasteiger partial charge in [-0.2, -0.15) is 0 Å². The summed E-state index contributed by atoms with van der Waals surface area (Å²) in [5.74, 6) is 1.50. The predicted octanol–water partition coefficient (Wildman–Crippen LogP) is 3.83. The molecule has 17 heavy (non-hydrogen) atoms. The first kappa shape index (κ1) is 12.0. The highest BCUT2D eigenvalue weighted by Crippen LogP contribution is 2.29. The summed E-state index contributed by atoms with van der Waals surface area (Å²) < 4.78 is 10.8. The Morgan fingerprint density at radius 1 is 1.24 bits per heavy atom. The van der Waals surface area contributed by atoms with Crippen LogP contribution in [-0.2, 0) is 6.61 Å². The van der Waals surface area contributed by atoms with Crippen LogP contribution in [0.2, 0.25) is 5.02 Å². The van der Waals surface area contributed by atoms with Gasteiger partial charge < -0.3 is 14.3 Å². The number of hydrogen-bond acceptors (Lipinski definition) is 3. The Morgan fingerprint density at radius 3 is 2.41 bits per heavy atom. The summed E-state index contributed by atoms with van der Waals surface area (Å²) in [6, 6.07) is 7.03. The molecule has 0 unspecified atom stereocenters. The predicted molar refractivity (Wildman–Crippen MR) is 65.6 cm³/mol. The van der Waals surface area contributed by atoms with Crippen LogP contribution in [0, 0.1) is 13.8 Å². The molecule has 0 aliphatic rings. The fraction of sp³-hybridized carbons (Fsp3) is 0.231. The maximum absolute atomic E-state index is 8.87. The smallest absolute Gasteiger partial charge is 0.290 e. The summed E-state index contributed by atoms with van der Waals surface area (Å²) in [5, 5.41) is 9.62. The fourth-order valence-corrected chi connectivity index (χ4v) is 1.69. The highest BCUT2D eigenvalue weighted by Gasteiger charge is 2.07. The van der Waals surface area contributed by atoms with Crippen molar-refractivity contribution in [1.29, 1.82) is 0 Å². The number of aryl methyl sites for hydroxylation is 2. The van der Waals surface area contributed by atoms with Gasteiger partial charge in [0.1, 0.15) is 18.1 Å². The van der Waals surface area contributed by atoms with Gasteiger partial charge in [0.05, 0.1) is 0 Å². The Bertz CT molecular complexity index is 508. The monoisotopic (exact) mass is 252 g/mol. The van der Waals surface area contributed by atoms with Gasteiger partial charge in [-0.1, -0.05) is 11.6 Å². The number of rotatable bonds is 3. The van der Waals surface area contributed by atoms with E-state index < -0.39 is 0 Å². The summed E-state index contributed by atoms with van der Waals surface area (Å²) in [7, 11) is 0. The van der Waals surface area contributed by atoms with Crippen LogP contribution in [0.5, 0.6) is 11.7 Å². The van der Waals surface area contributed by atoms with Gasteiger partial charge >= 0.3 is 0 Å². The molecule has 0 aliphatic carbocycles. The molecule has 2 rings (SSSR count). The molecule has 0 radical (unpaired) electrons. The molecule has 0 atom stereocenters. The molecule has 0 aliphatic heterocycles. The van der Waals surface area contributed by atoms with Crippen molar-refractivity contribution in [2.45, 2.75) is 20.5 Å². The number of furan rings is 1. The lowest BCUT2D eigenvalue weighted by atomic mass is 10.1. The maximum atomic E-state index is 8.87. The number of hydrogen-bond donors (Lipinski definition) is 1. The molecule has 1 heterocycles. The molecule has 90 valence electrons. The van der Waals surface area contributed by atoms with Crippen molar-refractivity contribution in [2.24, 2.45) is 0 Å². The highest BCUT2D eigenvalue weighted by molar-refractivity contribution is 6.32. The van der Waals surface area contributed by atoms with Gasteiger partial charge in [-0.15, -0.1) is 0 Å². The minimum atomic E-state index is -0.137. The van der Waals surface area contributed by atoms with Gasteiger partial charge in [0.2, 0.25) is 0 Å². The first-order valence-corrected chi connectivity index (χ1v) is 5.62. The second kappa shape index (κ2) is 4.82. The summed E-state index contributed by atoms with van der Waals surface area (Å²) in [5.41, 5.74) is 1.91. The van der Waals surface area contributed by atoms with E-state index in [2.05, 4.69) is 0 Å². The second-order valence-corrected chi connectivity index (χ2v) is 4.23. The Labute approximate surface area is 105 Å². The van der Waals surface area contributed by atoms with E-state index in [0.29, 0.717) is 17.5 Å². The lowest BCUT2D eigenvalue weighted by molar-refractivity contribution is 0.231. The zero-order valence-corrected chi connectivity index (χ0v) is 10.4. The molecule has 1 aromatic heterocycles. The summed E-state index contributed by atoms with van der Waals surface area (Å²) >= 11 is 6.07. The van der Waals surface area contributed by atoms with E-state index >= 15 is 0 Å². The summed E-state index contributed by atoms with van der Waals surface area (Å²) in [6.45, 7) is 3.70. The quantitative estimate of drug-likeness (QED) is 0.903. The van der Waals surface area contributed by atoms with Crippen LogP contribution >= 0.6 is 11.6 Å². The van der Waals surface area contributed by atoms with Crippen molar-refractivity contribution in [3.8, 4) is 11.7 Å². The first-order chi connectivity index (χ1) is 8.10. The van der Waals surface area contributed by atoms with Crippen molar-refractivity contribution >= 4 is 11.6 Å². The fourth-order valence-electron chi connectivity index (χ4n) is 1.58. The molecule has 2 aromatic rings. The Hall–Kier alpha value is -1.45. The van der Waals surface area contributed by atoms with Crippen molar-refractivity contribution < 1.29 is 14.3 Å². The standard InChI is InChI=1S/C13H13ClO3/c1-8-5-11(6-9(2)13(8)14)17-12-4-3-10(7-15)16-12/h3-6,15H,7H2,1-2H3. The van der Waals surface area contributed by atoms with Crippen molar-refractivity contribution in [3.63, 3.8) is 0 Å². The zero-order valence-electron chi connectivity index (χ0n) is 9.66. The normalized spacial score (nSPS) is 10.6. The highest BCUT2D eigenvalue weighted by atomic mass is 35.5. The van der Waals surface area contributed by atoms with Crippen LogP contribution < -0.4 is 4.74 Å². The summed E-state index contributed by atoms with van der Waals surface area (Å²) in [4.78, 5) is 0. The van der Waals surface area contributed by atoms with Crippen LogP contribution in [-0.4, -0.2) is 5.11 Å². The van der Waals surface area contributed by atoms with E-state index in [1.54, 1.807) is 12.1 Å². The maximum Gasteiger partial charge on any atom is 0.290 e. The van der Waals surface area contributed by atoms with Crippen LogP contribution in [0.4, 0.5) is 0 Å². The SMILES string of the molecule is Cc1cc(Oc2ccc(CO)o2)cc(C)c1Cl. The minimum absolute atomic E-state index is 0.137. The molecular weight excluding hydrogens is 240 g/mol. The number of aliphatic hydroxyl groups excluding tert-OH is 1. The van der Waals surface area contributed by atoms with Crippen LogP contribution in [0.15, 0.2) is 28.7 Å². The number of ether oxygens (including phenoxy) is 1. The van der Waals surface area contributed by atoms with E-state index in [0.717, 1.165) is 16.1 Å². The van der Waals surface area contributed by atoms with E-state index in [4.69, 9.17) is 25.9 Å². The summed E-state index contributed by atoms with van der Waals surface area (Å²) in [6.07, 6.45) is 0. The lowest BCUT2D eigenvalue weighted by Gasteiger charge is -2.07. The zero-order chi connectivity index (χ0) is 12.4. The lowest BCUT2D eigenvalue weighted by Crippen LogP contribution is -1.87. The number of benzene rings is 1. The third-order valence-corrected chi connectivity index (χ3v) is 3.02. The van der Waals surface area contributed by atoms with Crippen LogP contribution in [0.3, 0.4) is 0 Å². The van der Waals surface area contributed by atoms with E-state index in [-0.39, 0.29) is 6.61 Å². The van der Waals surface area contributed by atoms with E-state index in [1.807, 2.05) is 26.0 Å². The molecule has 0 saturated heterocycles. The average Bonchev–Trinajstić information content (AvgIpc) is 2.73. The van der Waals surface area contributed by atoms with Crippen LogP contribution in [0.25, 0.3) is 0 Å². The number of aliphatic hydroxyl groups is 1. The molecule has 0 amide bonds. The largest absolute Gasteiger partial charge is 0.428 e. The Kier molecular flexibility index (Phi) is 3.41. The van der Waals surface area contributed by atoms with E-state index in [9.17, 15) is 0 Å². The van der Waals surface area contributed by atoms with Gasteiger partial charge in [0.15, 0.2) is 0 Å². The van der Waals surface area contributed by atoms with Gasteiger partial charge in [-0.3, -0.25) is 0 Å². The average molecular weight is 253 g/mol. The molecule has 0 spiro atoms. The molecule has 0 saturated carbocycles. The van der Waals surface area contributed by atoms with Crippen LogP contribution in [0.1, 0.15) is 16.9 Å². The molecule has 3 nitrogen and oxygen atoms in total.